The highest BCUT2D eigenvalue weighted by atomic mass is 16.1. The van der Waals surface area contributed by atoms with Crippen molar-refractivity contribution in [3.8, 4) is 0 Å². The number of rotatable bonds is 7. The van der Waals surface area contributed by atoms with Crippen LogP contribution in [-0.2, 0) is 0 Å². The first-order chi connectivity index (χ1) is 13.6. The molecule has 0 radical (unpaired) electrons. The van der Waals surface area contributed by atoms with E-state index in [1.54, 1.807) is 6.20 Å². The van der Waals surface area contributed by atoms with Gasteiger partial charge in [-0.05, 0) is 62.7 Å². The van der Waals surface area contributed by atoms with E-state index in [9.17, 15) is 4.79 Å². The van der Waals surface area contributed by atoms with E-state index < -0.39 is 0 Å². The summed E-state index contributed by atoms with van der Waals surface area (Å²) >= 11 is 0. The zero-order valence-corrected chi connectivity index (χ0v) is 16.7. The lowest BCUT2D eigenvalue weighted by atomic mass is 10.0. The lowest BCUT2D eigenvalue weighted by molar-refractivity contribution is 0.0942. The molecular weight excluding hydrogens is 346 g/mol. The molecule has 2 aromatic carbocycles. The first kappa shape index (κ1) is 19.6. The third-order valence-electron chi connectivity index (χ3n) is 4.82. The highest BCUT2D eigenvalue weighted by Gasteiger charge is 2.19. The van der Waals surface area contributed by atoms with Crippen LogP contribution in [0.4, 0.5) is 5.69 Å². The lowest BCUT2D eigenvalue weighted by Crippen LogP contribution is -2.31. The van der Waals surface area contributed by atoms with Gasteiger partial charge in [0.2, 0.25) is 0 Å². The van der Waals surface area contributed by atoms with Crippen LogP contribution in [0.25, 0.3) is 0 Å². The van der Waals surface area contributed by atoms with Crippen LogP contribution in [0.5, 0.6) is 0 Å². The maximum Gasteiger partial charge on any atom is 0.252 e. The molecule has 1 unspecified atom stereocenters. The number of benzene rings is 2. The van der Waals surface area contributed by atoms with Crippen LogP contribution in [-0.4, -0.2) is 23.5 Å². The molecule has 1 atom stereocenters. The van der Waals surface area contributed by atoms with Gasteiger partial charge >= 0.3 is 0 Å². The molecule has 3 rings (SSSR count). The van der Waals surface area contributed by atoms with Crippen LogP contribution in [0.3, 0.4) is 0 Å². The average molecular weight is 374 g/mol. The topological polar surface area (TPSA) is 45.2 Å². The van der Waals surface area contributed by atoms with E-state index in [4.69, 9.17) is 0 Å². The largest absolute Gasteiger partial charge is 0.369 e. The van der Waals surface area contributed by atoms with Crippen molar-refractivity contribution in [3.63, 3.8) is 0 Å². The highest BCUT2D eigenvalue weighted by Crippen LogP contribution is 2.22. The van der Waals surface area contributed by atoms with E-state index >= 15 is 0 Å². The second-order valence-corrected chi connectivity index (χ2v) is 7.00. The SMILES string of the molecule is CCN(c1ccc(C(=O)NC(c2ccccc2)c2ccccn2)cc1)C(C)C. The average Bonchev–Trinajstić information content (AvgIpc) is 2.74. The van der Waals surface area contributed by atoms with Crippen molar-refractivity contribution in [2.75, 3.05) is 11.4 Å². The van der Waals surface area contributed by atoms with Gasteiger partial charge in [0.1, 0.15) is 0 Å². The Balaban J connectivity index is 1.83. The van der Waals surface area contributed by atoms with Crippen LogP contribution in [0.2, 0.25) is 0 Å². The summed E-state index contributed by atoms with van der Waals surface area (Å²) in [6, 6.07) is 23.6. The molecule has 1 heterocycles. The van der Waals surface area contributed by atoms with E-state index in [0.29, 0.717) is 11.6 Å². The number of nitrogens with one attached hydrogen (secondary N) is 1. The van der Waals surface area contributed by atoms with Crippen molar-refractivity contribution >= 4 is 11.6 Å². The number of hydrogen-bond acceptors (Lipinski definition) is 3. The second kappa shape index (κ2) is 9.18. The number of carbonyl (C=O) groups excluding carboxylic acids is 1. The Kier molecular flexibility index (Phi) is 6.43. The normalized spacial score (nSPS) is 11.9. The molecule has 4 heteroatoms. The Morgan fingerprint density at radius 3 is 2.21 bits per heavy atom. The number of pyridine rings is 1. The summed E-state index contributed by atoms with van der Waals surface area (Å²) in [5.74, 6) is -0.112. The van der Waals surface area contributed by atoms with E-state index in [2.05, 4.69) is 36.0 Å². The van der Waals surface area contributed by atoms with Crippen molar-refractivity contribution in [2.24, 2.45) is 0 Å². The van der Waals surface area contributed by atoms with Gasteiger partial charge in [-0.2, -0.15) is 0 Å². The minimum Gasteiger partial charge on any atom is -0.369 e. The minimum atomic E-state index is -0.294. The fourth-order valence-electron chi connectivity index (χ4n) is 3.38. The van der Waals surface area contributed by atoms with Gasteiger partial charge < -0.3 is 10.2 Å². The van der Waals surface area contributed by atoms with Gasteiger partial charge in [0.25, 0.3) is 5.91 Å². The standard InChI is InChI=1S/C24H27N3O/c1-4-27(18(2)3)21-15-13-20(14-16-21)24(28)26-23(19-10-6-5-7-11-19)22-12-8-9-17-25-22/h5-18,23H,4H2,1-3H3,(H,26,28). The van der Waals surface area contributed by atoms with E-state index in [1.807, 2.05) is 72.8 Å². The van der Waals surface area contributed by atoms with Crippen LogP contribution < -0.4 is 10.2 Å². The van der Waals surface area contributed by atoms with Gasteiger partial charge in [0.15, 0.2) is 0 Å². The van der Waals surface area contributed by atoms with Gasteiger partial charge in [-0.25, -0.2) is 0 Å². The predicted molar refractivity (Wildman–Crippen MR) is 115 cm³/mol. The molecule has 0 spiro atoms. The maximum atomic E-state index is 12.9. The van der Waals surface area contributed by atoms with Gasteiger partial charge in [0.05, 0.1) is 11.7 Å². The molecule has 3 aromatic rings. The summed E-state index contributed by atoms with van der Waals surface area (Å²) in [7, 11) is 0. The van der Waals surface area contributed by atoms with Crippen molar-refractivity contribution in [3.05, 3.63) is 95.8 Å². The highest BCUT2D eigenvalue weighted by molar-refractivity contribution is 5.95. The van der Waals surface area contributed by atoms with E-state index in [-0.39, 0.29) is 11.9 Å². The number of anilines is 1. The fraction of sp³-hybridized carbons (Fsp3) is 0.250. The maximum absolute atomic E-state index is 12.9. The van der Waals surface area contributed by atoms with Gasteiger partial charge in [-0.15, -0.1) is 0 Å². The molecule has 28 heavy (non-hydrogen) atoms. The molecule has 1 N–H and O–H groups in total. The summed E-state index contributed by atoms with van der Waals surface area (Å²) in [6.07, 6.45) is 1.75. The molecule has 4 nitrogen and oxygen atoms in total. The molecule has 1 amide bonds. The number of hydrogen-bond donors (Lipinski definition) is 1. The predicted octanol–water partition coefficient (Wildman–Crippen LogP) is 4.84. The third-order valence-corrected chi connectivity index (χ3v) is 4.82. The van der Waals surface area contributed by atoms with Crippen molar-refractivity contribution in [1.82, 2.24) is 10.3 Å². The Bertz CT molecular complexity index is 837. The van der Waals surface area contributed by atoms with Crippen LogP contribution in [0.1, 0.15) is 48.4 Å². The third kappa shape index (κ3) is 4.58. The molecule has 144 valence electrons. The smallest absolute Gasteiger partial charge is 0.252 e. The molecule has 1 aromatic heterocycles. The van der Waals surface area contributed by atoms with Crippen molar-refractivity contribution in [1.29, 1.82) is 0 Å². The molecule has 0 aliphatic heterocycles. The summed E-state index contributed by atoms with van der Waals surface area (Å²) < 4.78 is 0. The molecule has 0 saturated heterocycles. The van der Waals surface area contributed by atoms with Crippen molar-refractivity contribution < 1.29 is 4.79 Å². The van der Waals surface area contributed by atoms with E-state index in [0.717, 1.165) is 23.5 Å². The van der Waals surface area contributed by atoms with Crippen LogP contribution >= 0.6 is 0 Å². The zero-order chi connectivity index (χ0) is 19.9. The Morgan fingerprint density at radius 1 is 0.964 bits per heavy atom. The Labute approximate surface area is 167 Å². The van der Waals surface area contributed by atoms with Gasteiger partial charge in [-0.1, -0.05) is 36.4 Å². The lowest BCUT2D eigenvalue weighted by Gasteiger charge is -2.27. The van der Waals surface area contributed by atoms with Gasteiger partial charge in [-0.3, -0.25) is 9.78 Å². The summed E-state index contributed by atoms with van der Waals surface area (Å²) in [5, 5.41) is 3.14. The quantitative estimate of drug-likeness (QED) is 0.645. The van der Waals surface area contributed by atoms with E-state index in [1.165, 1.54) is 0 Å². The second-order valence-electron chi connectivity index (χ2n) is 7.00. The summed E-state index contributed by atoms with van der Waals surface area (Å²) in [5.41, 5.74) is 3.58. The molecule has 0 bridgehead atoms. The summed E-state index contributed by atoms with van der Waals surface area (Å²) in [4.78, 5) is 19.7. The molecule has 0 aliphatic carbocycles. The fourth-order valence-corrected chi connectivity index (χ4v) is 3.38. The molecule has 0 aliphatic rings. The first-order valence-electron chi connectivity index (χ1n) is 9.73. The first-order valence-corrected chi connectivity index (χ1v) is 9.73. The minimum absolute atomic E-state index is 0.112. The molecule has 0 fully saturated rings. The van der Waals surface area contributed by atoms with Crippen molar-refractivity contribution in [2.45, 2.75) is 32.9 Å². The summed E-state index contributed by atoms with van der Waals surface area (Å²) in [6.45, 7) is 7.40. The molecular formula is C24H27N3O. The van der Waals surface area contributed by atoms with Crippen LogP contribution in [0, 0.1) is 0 Å². The Morgan fingerprint density at radius 2 is 1.64 bits per heavy atom. The van der Waals surface area contributed by atoms with Gasteiger partial charge in [0, 0.05) is 30.0 Å². The number of nitrogens with zero attached hydrogens (tertiary/aromatic N) is 2. The Hall–Kier alpha value is -3.14. The van der Waals surface area contributed by atoms with Crippen LogP contribution in [0.15, 0.2) is 79.0 Å². The molecule has 0 saturated carbocycles. The monoisotopic (exact) mass is 373 g/mol. The zero-order valence-electron chi connectivity index (χ0n) is 16.7. The number of carbonyl (C=O) groups is 1. The number of aromatic nitrogens is 1. The number of amides is 1.